The van der Waals surface area contributed by atoms with Gasteiger partial charge < -0.3 is 10.3 Å². The molecule has 0 bridgehead atoms. The molecule has 0 aromatic carbocycles. The number of halogens is 3. The molecule has 5 nitrogen and oxygen atoms in total. The molecule has 2 heterocycles. The third-order valence-corrected chi connectivity index (χ3v) is 3.59. The predicted molar refractivity (Wildman–Crippen MR) is 70.0 cm³/mol. The molecule has 2 atom stereocenters. The third-order valence-electron chi connectivity index (χ3n) is 3.59. The zero-order valence-electron chi connectivity index (χ0n) is 11.4. The van der Waals surface area contributed by atoms with Crippen LogP contribution in [0.5, 0.6) is 0 Å². The second-order valence-electron chi connectivity index (χ2n) is 5.19. The molecule has 2 unspecified atom stereocenters. The Morgan fingerprint density at radius 2 is 2.10 bits per heavy atom. The summed E-state index contributed by atoms with van der Waals surface area (Å²) >= 11 is 0. The van der Waals surface area contributed by atoms with Crippen LogP contribution >= 0.6 is 0 Å². The Balaban J connectivity index is 1.95. The largest absolute Gasteiger partial charge is 0.404 e. The van der Waals surface area contributed by atoms with Crippen molar-refractivity contribution in [1.29, 1.82) is 0 Å². The Bertz CT molecular complexity index is 550. The normalized spacial score (nSPS) is 23.8. The van der Waals surface area contributed by atoms with Crippen molar-refractivity contribution in [2.45, 2.75) is 31.1 Å². The van der Waals surface area contributed by atoms with Crippen LogP contribution in [0.15, 0.2) is 23.1 Å². The molecule has 116 valence electrons. The molecule has 21 heavy (non-hydrogen) atoms. The summed E-state index contributed by atoms with van der Waals surface area (Å²) in [7, 11) is 1.40. The van der Waals surface area contributed by atoms with E-state index in [1.165, 1.54) is 30.3 Å². The third kappa shape index (κ3) is 3.84. The molecule has 0 spiro atoms. The fraction of sp³-hybridized carbons (Fsp3) is 0.538. The van der Waals surface area contributed by atoms with E-state index in [0.29, 0.717) is 0 Å². The maximum absolute atomic E-state index is 12.7. The molecule has 1 aliphatic heterocycles. The van der Waals surface area contributed by atoms with E-state index in [9.17, 15) is 22.8 Å². The van der Waals surface area contributed by atoms with Gasteiger partial charge in [0.25, 0.3) is 5.91 Å². The molecule has 1 fully saturated rings. The summed E-state index contributed by atoms with van der Waals surface area (Å²) < 4.78 is 38.2. The molecule has 2 rings (SSSR count). The number of aromatic amines is 1. The van der Waals surface area contributed by atoms with E-state index in [0.717, 1.165) is 0 Å². The van der Waals surface area contributed by atoms with Gasteiger partial charge in [0.2, 0.25) is 5.56 Å². The molecule has 0 saturated carbocycles. The van der Waals surface area contributed by atoms with E-state index in [1.54, 1.807) is 0 Å². The number of H-pyrrole nitrogens is 1. The second-order valence-corrected chi connectivity index (χ2v) is 5.19. The van der Waals surface area contributed by atoms with E-state index in [2.05, 4.69) is 10.3 Å². The fourth-order valence-electron chi connectivity index (χ4n) is 2.50. The molecule has 1 saturated heterocycles. The summed E-state index contributed by atoms with van der Waals surface area (Å²) in [6, 6.07) is 0.799. The number of pyridine rings is 1. The Hall–Kier alpha value is -1.83. The van der Waals surface area contributed by atoms with Crippen molar-refractivity contribution in [2.75, 3.05) is 13.6 Å². The first-order valence-electron chi connectivity index (χ1n) is 6.54. The number of likely N-dealkylation sites (N-methyl/N-ethyl adjacent to an activating group) is 1. The lowest BCUT2D eigenvalue weighted by atomic mass is 9.98. The predicted octanol–water partition coefficient (Wildman–Crippen LogP) is 1.13. The van der Waals surface area contributed by atoms with Gasteiger partial charge in [-0.25, -0.2) is 0 Å². The Labute approximate surface area is 119 Å². The molecule has 8 heteroatoms. The molecule has 0 aliphatic carbocycles. The van der Waals surface area contributed by atoms with Crippen LogP contribution in [0, 0.1) is 0 Å². The smallest absolute Gasteiger partial charge is 0.348 e. The lowest BCUT2D eigenvalue weighted by molar-refractivity contribution is -0.188. The Kier molecular flexibility index (Phi) is 4.36. The van der Waals surface area contributed by atoms with E-state index in [4.69, 9.17) is 0 Å². The number of nitrogens with one attached hydrogen (secondary N) is 2. The van der Waals surface area contributed by atoms with Gasteiger partial charge in [-0.1, -0.05) is 0 Å². The summed E-state index contributed by atoms with van der Waals surface area (Å²) in [4.78, 5) is 26.4. The summed E-state index contributed by atoms with van der Waals surface area (Å²) in [5.74, 6) is -0.407. The highest BCUT2D eigenvalue weighted by Crippen LogP contribution is 2.30. The number of nitrogens with zero attached hydrogens (tertiary/aromatic N) is 1. The standard InChI is InChI=1S/C13H16F3N3O2/c1-19-7-9(3-4-10(19)13(14,15)16)18-12(21)8-2-5-11(20)17-6-8/h2,5-6,9-10H,3-4,7H2,1H3,(H,17,20)(H,18,21). The van der Waals surface area contributed by atoms with E-state index in [-0.39, 0.29) is 36.6 Å². The molecular weight excluding hydrogens is 287 g/mol. The van der Waals surface area contributed by atoms with E-state index >= 15 is 0 Å². The molecule has 1 aliphatic rings. The molecular formula is C13H16F3N3O2. The van der Waals surface area contributed by atoms with Crippen molar-refractivity contribution < 1.29 is 18.0 Å². The lowest BCUT2D eigenvalue weighted by Gasteiger charge is -2.38. The maximum atomic E-state index is 12.7. The highest BCUT2D eigenvalue weighted by Gasteiger charge is 2.44. The maximum Gasteiger partial charge on any atom is 0.404 e. The summed E-state index contributed by atoms with van der Waals surface area (Å²) in [6.45, 7) is 0.138. The summed E-state index contributed by atoms with van der Waals surface area (Å²) in [5, 5.41) is 2.69. The van der Waals surface area contributed by atoms with Crippen molar-refractivity contribution in [3.63, 3.8) is 0 Å². The van der Waals surface area contributed by atoms with Crippen LogP contribution < -0.4 is 10.9 Å². The second kappa shape index (κ2) is 5.88. The van der Waals surface area contributed by atoms with Crippen LogP contribution in [0.3, 0.4) is 0 Å². The molecule has 2 N–H and O–H groups in total. The SMILES string of the molecule is CN1CC(NC(=O)c2ccc(=O)[nH]c2)CCC1C(F)(F)F. The topological polar surface area (TPSA) is 65.2 Å². The zero-order valence-corrected chi connectivity index (χ0v) is 11.4. The van der Waals surface area contributed by atoms with Crippen LogP contribution in [0.2, 0.25) is 0 Å². The van der Waals surface area contributed by atoms with Gasteiger partial charge in [0.1, 0.15) is 6.04 Å². The van der Waals surface area contributed by atoms with Gasteiger partial charge in [0.15, 0.2) is 0 Å². The van der Waals surface area contributed by atoms with Gasteiger partial charge in [-0.3, -0.25) is 14.5 Å². The number of hydrogen-bond donors (Lipinski definition) is 2. The number of carbonyl (C=O) groups excluding carboxylic acids is 1. The average molecular weight is 303 g/mol. The minimum absolute atomic E-state index is 0.0451. The number of hydrogen-bond acceptors (Lipinski definition) is 3. The molecule has 1 aromatic heterocycles. The minimum Gasteiger partial charge on any atom is -0.348 e. The summed E-state index contributed by atoms with van der Waals surface area (Å²) in [5.41, 5.74) is -0.0489. The Morgan fingerprint density at radius 3 is 2.62 bits per heavy atom. The van der Waals surface area contributed by atoms with Gasteiger partial charge in [-0.2, -0.15) is 13.2 Å². The highest BCUT2D eigenvalue weighted by molar-refractivity contribution is 5.94. The van der Waals surface area contributed by atoms with Crippen molar-refractivity contribution >= 4 is 5.91 Å². The van der Waals surface area contributed by atoms with Crippen LogP contribution in [-0.2, 0) is 0 Å². The molecule has 1 amide bonds. The van der Waals surface area contributed by atoms with Gasteiger partial charge in [0.05, 0.1) is 5.56 Å². The summed E-state index contributed by atoms with van der Waals surface area (Å²) in [6.07, 6.45) is -2.74. The lowest BCUT2D eigenvalue weighted by Crippen LogP contribution is -2.54. The minimum atomic E-state index is -4.25. The number of likely N-dealkylation sites (tertiary alicyclic amines) is 1. The van der Waals surface area contributed by atoms with E-state index in [1.807, 2.05) is 0 Å². The van der Waals surface area contributed by atoms with Crippen molar-refractivity contribution in [3.8, 4) is 0 Å². The fourth-order valence-corrected chi connectivity index (χ4v) is 2.50. The van der Waals surface area contributed by atoms with Crippen LogP contribution in [0.1, 0.15) is 23.2 Å². The number of carbonyl (C=O) groups is 1. The first-order chi connectivity index (χ1) is 9.77. The first-order valence-corrected chi connectivity index (χ1v) is 6.54. The van der Waals surface area contributed by atoms with Crippen molar-refractivity contribution in [1.82, 2.24) is 15.2 Å². The first kappa shape index (κ1) is 15.6. The number of aromatic nitrogens is 1. The van der Waals surface area contributed by atoms with Crippen LogP contribution in [0.25, 0.3) is 0 Å². The zero-order chi connectivity index (χ0) is 15.6. The molecule has 0 radical (unpaired) electrons. The van der Waals surface area contributed by atoms with E-state index < -0.39 is 18.1 Å². The quantitative estimate of drug-likeness (QED) is 0.861. The van der Waals surface area contributed by atoms with Crippen molar-refractivity contribution in [2.24, 2.45) is 0 Å². The Morgan fingerprint density at radius 1 is 1.38 bits per heavy atom. The number of rotatable bonds is 2. The van der Waals surface area contributed by atoms with Gasteiger partial charge in [0, 0.05) is 24.8 Å². The molecule has 1 aromatic rings. The number of piperidine rings is 1. The van der Waals surface area contributed by atoms with Crippen LogP contribution in [0.4, 0.5) is 13.2 Å². The van der Waals surface area contributed by atoms with Crippen LogP contribution in [-0.4, -0.2) is 47.6 Å². The van der Waals surface area contributed by atoms with Gasteiger partial charge in [-0.15, -0.1) is 0 Å². The highest BCUT2D eigenvalue weighted by atomic mass is 19.4. The number of amides is 1. The van der Waals surface area contributed by atoms with Gasteiger partial charge in [-0.05, 0) is 26.0 Å². The average Bonchev–Trinajstić information content (AvgIpc) is 2.37. The van der Waals surface area contributed by atoms with Crippen molar-refractivity contribution in [3.05, 3.63) is 34.2 Å². The monoisotopic (exact) mass is 303 g/mol. The number of alkyl halides is 3. The van der Waals surface area contributed by atoms with Gasteiger partial charge >= 0.3 is 6.18 Å².